The SMILES string of the molecule is C[C@@H]1Cc2ccccc2CN1C(=O)c1cc2c(cc1-n1nc(C(=O)N(C)c3ccc(O)cc3)c3ccccc31)CCN(C(=O)Oc1ccccc1)C2. The Morgan fingerprint density at radius 3 is 2.31 bits per heavy atom. The number of aromatic hydroxyl groups is 1. The fraction of sp³-hybridized carbons (Fsp3) is 0.190. The number of nitrogens with zero attached hydrogens (tertiary/aromatic N) is 5. The first-order chi connectivity index (χ1) is 25.2. The zero-order valence-electron chi connectivity index (χ0n) is 28.9. The van der Waals surface area contributed by atoms with E-state index in [1.807, 2.05) is 71.6 Å². The average molecular weight is 692 g/mol. The van der Waals surface area contributed by atoms with E-state index in [1.54, 1.807) is 40.9 Å². The number of carbonyl (C=O) groups is 3. The summed E-state index contributed by atoms with van der Waals surface area (Å²) in [6.07, 6.45) is 0.825. The van der Waals surface area contributed by atoms with Gasteiger partial charge in [-0.05, 0) is 96.6 Å². The summed E-state index contributed by atoms with van der Waals surface area (Å²) in [7, 11) is 1.67. The Balaban J connectivity index is 1.22. The molecule has 2 aliphatic rings. The van der Waals surface area contributed by atoms with Gasteiger partial charge in [0.05, 0.1) is 16.8 Å². The summed E-state index contributed by atoms with van der Waals surface area (Å²) in [5, 5.41) is 15.4. The maximum absolute atomic E-state index is 14.8. The Labute approximate surface area is 301 Å². The highest BCUT2D eigenvalue weighted by Crippen LogP contribution is 2.33. The highest BCUT2D eigenvalue weighted by Gasteiger charge is 2.33. The normalized spacial score (nSPS) is 15.2. The van der Waals surface area contributed by atoms with E-state index >= 15 is 0 Å². The van der Waals surface area contributed by atoms with Crippen LogP contribution >= 0.6 is 0 Å². The fourth-order valence-electron chi connectivity index (χ4n) is 7.22. The lowest BCUT2D eigenvalue weighted by Crippen LogP contribution is -2.43. The van der Waals surface area contributed by atoms with Crippen molar-refractivity contribution in [3.8, 4) is 17.2 Å². The number of amides is 3. The molecule has 0 unspecified atom stereocenters. The van der Waals surface area contributed by atoms with Crippen LogP contribution in [0.3, 0.4) is 0 Å². The second-order valence-corrected chi connectivity index (χ2v) is 13.4. The van der Waals surface area contributed by atoms with Crippen LogP contribution in [0.5, 0.6) is 11.5 Å². The average Bonchev–Trinajstić information content (AvgIpc) is 3.56. The third-order valence-corrected chi connectivity index (χ3v) is 10.1. The third-order valence-electron chi connectivity index (χ3n) is 10.1. The Morgan fingerprint density at radius 2 is 1.52 bits per heavy atom. The zero-order valence-corrected chi connectivity index (χ0v) is 28.9. The van der Waals surface area contributed by atoms with E-state index in [0.29, 0.717) is 53.1 Å². The topological polar surface area (TPSA) is 108 Å². The molecule has 2 aliphatic heterocycles. The van der Waals surface area contributed by atoms with Crippen LogP contribution in [-0.4, -0.2) is 62.2 Å². The molecule has 0 aliphatic carbocycles. The van der Waals surface area contributed by atoms with E-state index < -0.39 is 6.09 Å². The minimum absolute atomic E-state index is 0.0610. The van der Waals surface area contributed by atoms with Gasteiger partial charge in [0.2, 0.25) is 0 Å². The summed E-state index contributed by atoms with van der Waals surface area (Å²) in [6, 6.07) is 34.9. The molecule has 260 valence electrons. The molecular weight excluding hydrogens is 654 g/mol. The number of hydrogen-bond acceptors (Lipinski definition) is 6. The second kappa shape index (κ2) is 13.4. The summed E-state index contributed by atoms with van der Waals surface area (Å²) in [6.45, 7) is 3.24. The monoisotopic (exact) mass is 691 g/mol. The molecule has 0 saturated heterocycles. The van der Waals surface area contributed by atoms with Gasteiger partial charge in [0.15, 0.2) is 5.69 Å². The molecule has 0 radical (unpaired) electrons. The maximum Gasteiger partial charge on any atom is 0.415 e. The first-order valence-corrected chi connectivity index (χ1v) is 17.4. The first-order valence-electron chi connectivity index (χ1n) is 17.4. The Morgan fingerprint density at radius 1 is 0.808 bits per heavy atom. The predicted molar refractivity (Wildman–Crippen MR) is 198 cm³/mol. The number of anilines is 1. The van der Waals surface area contributed by atoms with Crippen LogP contribution < -0.4 is 9.64 Å². The van der Waals surface area contributed by atoms with Crippen LogP contribution in [0, 0.1) is 0 Å². The first kappa shape index (κ1) is 32.8. The van der Waals surface area contributed by atoms with Gasteiger partial charge in [-0.1, -0.05) is 60.7 Å². The number of phenols is 1. The summed E-state index contributed by atoms with van der Waals surface area (Å²) in [5.41, 5.74) is 6.70. The lowest BCUT2D eigenvalue weighted by molar-refractivity contribution is 0.0658. The molecule has 0 spiro atoms. The standard InChI is InChI=1S/C42H37N5O5/c1-27-22-28-10-6-7-11-30(28)26-46(27)40(49)36-23-31-25-45(42(51)52-34-12-4-3-5-13-34)21-20-29(31)24-38(36)47-37-15-9-8-14-35(37)39(43-47)41(50)44(2)32-16-18-33(48)19-17-32/h3-19,23-24,27,48H,20-22,25-26H2,1-2H3/t27-/m1/s1. The third kappa shape index (κ3) is 6.02. The number of aromatic nitrogens is 2. The minimum Gasteiger partial charge on any atom is -0.508 e. The molecule has 52 heavy (non-hydrogen) atoms. The number of fused-ring (bicyclic) bond motifs is 3. The van der Waals surface area contributed by atoms with Gasteiger partial charge in [-0.2, -0.15) is 5.10 Å². The quantitative estimate of drug-likeness (QED) is 0.206. The highest BCUT2D eigenvalue weighted by molar-refractivity contribution is 6.12. The smallest absolute Gasteiger partial charge is 0.415 e. The molecule has 1 aromatic heterocycles. The number of phenolic OH excluding ortho intramolecular Hbond substituents is 1. The molecule has 8 rings (SSSR count). The van der Waals surface area contributed by atoms with Crippen molar-refractivity contribution < 1.29 is 24.2 Å². The number of ether oxygens (including phenoxy) is 1. The summed E-state index contributed by atoms with van der Waals surface area (Å²) >= 11 is 0. The molecule has 3 amide bonds. The van der Waals surface area contributed by atoms with Gasteiger partial charge >= 0.3 is 6.09 Å². The fourth-order valence-corrected chi connectivity index (χ4v) is 7.22. The lowest BCUT2D eigenvalue weighted by atomic mass is 9.92. The van der Waals surface area contributed by atoms with Crippen LogP contribution in [0.2, 0.25) is 0 Å². The van der Waals surface area contributed by atoms with E-state index in [-0.39, 0.29) is 35.8 Å². The molecule has 10 nitrogen and oxygen atoms in total. The molecule has 10 heteroatoms. The van der Waals surface area contributed by atoms with Gasteiger partial charge in [-0.3, -0.25) is 9.59 Å². The molecule has 5 aromatic carbocycles. The van der Waals surface area contributed by atoms with Crippen LogP contribution in [0.1, 0.15) is 50.0 Å². The van der Waals surface area contributed by atoms with Crippen LogP contribution in [0.4, 0.5) is 10.5 Å². The number of hydrogen-bond donors (Lipinski definition) is 1. The summed E-state index contributed by atoms with van der Waals surface area (Å²) in [4.78, 5) is 47.2. The summed E-state index contributed by atoms with van der Waals surface area (Å²) in [5.74, 6) is 0.0836. The van der Waals surface area contributed by atoms with Gasteiger partial charge < -0.3 is 24.5 Å². The zero-order chi connectivity index (χ0) is 35.9. The molecule has 1 N–H and O–H groups in total. The van der Waals surface area contributed by atoms with Gasteiger partial charge in [0.1, 0.15) is 11.5 Å². The number of para-hydroxylation sites is 2. The molecule has 0 saturated carbocycles. The summed E-state index contributed by atoms with van der Waals surface area (Å²) < 4.78 is 7.37. The molecule has 0 fully saturated rings. The minimum atomic E-state index is -0.450. The molecule has 6 aromatic rings. The molecule has 0 bridgehead atoms. The maximum atomic E-state index is 14.8. The predicted octanol–water partition coefficient (Wildman–Crippen LogP) is 7.15. The second-order valence-electron chi connectivity index (χ2n) is 13.4. The van der Waals surface area contributed by atoms with Crippen molar-refractivity contribution in [3.63, 3.8) is 0 Å². The van der Waals surface area contributed by atoms with Crippen LogP contribution in [0.15, 0.2) is 115 Å². The highest BCUT2D eigenvalue weighted by atomic mass is 16.6. The largest absolute Gasteiger partial charge is 0.508 e. The van der Waals surface area contributed by atoms with E-state index in [9.17, 15) is 19.5 Å². The van der Waals surface area contributed by atoms with Gasteiger partial charge in [0.25, 0.3) is 11.8 Å². The van der Waals surface area contributed by atoms with Crippen molar-refractivity contribution >= 4 is 34.5 Å². The Kier molecular flexibility index (Phi) is 8.42. The van der Waals surface area contributed by atoms with Crippen molar-refractivity contribution in [3.05, 3.63) is 149 Å². The van der Waals surface area contributed by atoms with E-state index in [1.165, 1.54) is 22.6 Å². The van der Waals surface area contributed by atoms with Crippen molar-refractivity contribution in [2.24, 2.45) is 0 Å². The lowest BCUT2D eigenvalue weighted by Gasteiger charge is -2.36. The molecule has 3 heterocycles. The van der Waals surface area contributed by atoms with E-state index in [4.69, 9.17) is 9.84 Å². The van der Waals surface area contributed by atoms with Crippen LogP contribution in [0.25, 0.3) is 16.6 Å². The van der Waals surface area contributed by atoms with Crippen molar-refractivity contribution in [1.82, 2.24) is 19.6 Å². The number of rotatable bonds is 5. The van der Waals surface area contributed by atoms with Crippen molar-refractivity contribution in [1.29, 1.82) is 0 Å². The molecule has 1 atom stereocenters. The van der Waals surface area contributed by atoms with Crippen LogP contribution in [-0.2, 0) is 25.9 Å². The van der Waals surface area contributed by atoms with Gasteiger partial charge in [-0.15, -0.1) is 0 Å². The van der Waals surface area contributed by atoms with Crippen molar-refractivity contribution in [2.75, 3.05) is 18.5 Å². The van der Waals surface area contributed by atoms with E-state index in [0.717, 1.165) is 23.1 Å². The Bertz CT molecular complexity index is 2340. The van der Waals surface area contributed by atoms with Crippen molar-refractivity contribution in [2.45, 2.75) is 38.9 Å². The van der Waals surface area contributed by atoms with Gasteiger partial charge in [0, 0.05) is 43.8 Å². The molecular formula is C42H37N5O5. The number of benzene rings is 5. The van der Waals surface area contributed by atoms with Gasteiger partial charge in [-0.25, -0.2) is 9.48 Å². The number of carbonyl (C=O) groups excluding carboxylic acids is 3. The Hall–Kier alpha value is -6.42. The van der Waals surface area contributed by atoms with E-state index in [2.05, 4.69) is 19.1 Å².